The van der Waals surface area contributed by atoms with Crippen LogP contribution < -0.4 is 14.8 Å². The van der Waals surface area contributed by atoms with E-state index in [-0.39, 0.29) is 11.8 Å². The predicted molar refractivity (Wildman–Crippen MR) is 106 cm³/mol. The van der Waals surface area contributed by atoms with Gasteiger partial charge in [-0.05, 0) is 28.8 Å². The first-order valence-electron chi connectivity index (χ1n) is 8.81. The van der Waals surface area contributed by atoms with Gasteiger partial charge < -0.3 is 14.8 Å². The molecule has 27 heavy (non-hydrogen) atoms. The van der Waals surface area contributed by atoms with Gasteiger partial charge in [0.25, 0.3) is 0 Å². The van der Waals surface area contributed by atoms with Crippen LogP contribution in [0.4, 0.5) is 0 Å². The summed E-state index contributed by atoms with van der Waals surface area (Å²) in [5, 5.41) is 3.05. The first-order chi connectivity index (χ1) is 13.2. The molecular formula is C23H23NO3. The van der Waals surface area contributed by atoms with Gasteiger partial charge in [0.2, 0.25) is 5.91 Å². The number of carbonyl (C=O) groups excluding carboxylic acids is 1. The highest BCUT2D eigenvalue weighted by Gasteiger charge is 2.22. The molecule has 4 heteroatoms. The number of methoxy groups -OCH3 is 2. The molecule has 1 amide bonds. The quantitative estimate of drug-likeness (QED) is 0.688. The van der Waals surface area contributed by atoms with Crippen LogP contribution in [0.3, 0.4) is 0 Å². The number of rotatable bonds is 7. The number of benzene rings is 3. The molecule has 138 valence electrons. The molecule has 3 rings (SSSR count). The van der Waals surface area contributed by atoms with Crippen molar-refractivity contribution >= 4 is 5.91 Å². The van der Waals surface area contributed by atoms with Crippen LogP contribution in [0.2, 0.25) is 0 Å². The maximum absolute atomic E-state index is 13.1. The molecule has 0 heterocycles. The second-order valence-corrected chi connectivity index (χ2v) is 6.19. The number of amides is 1. The standard InChI is InChI=1S/C23H23NO3/c1-26-20-13-17(14-21(15-20)27-2)16-24-23(25)22(18-9-5-3-6-10-18)19-11-7-4-8-12-19/h3-15,22H,16H2,1-2H3,(H,24,25). The molecule has 3 aromatic carbocycles. The summed E-state index contributed by atoms with van der Waals surface area (Å²) in [5.74, 6) is 0.983. The van der Waals surface area contributed by atoms with Crippen molar-refractivity contribution < 1.29 is 14.3 Å². The van der Waals surface area contributed by atoms with Gasteiger partial charge in [-0.2, -0.15) is 0 Å². The lowest BCUT2D eigenvalue weighted by atomic mass is 9.90. The molecule has 0 aliphatic heterocycles. The molecule has 0 fully saturated rings. The summed E-state index contributed by atoms with van der Waals surface area (Å²) in [6, 6.07) is 25.2. The Hall–Kier alpha value is -3.27. The Morgan fingerprint density at radius 1 is 0.815 bits per heavy atom. The van der Waals surface area contributed by atoms with Crippen LogP contribution in [-0.4, -0.2) is 20.1 Å². The summed E-state index contributed by atoms with van der Waals surface area (Å²) < 4.78 is 10.6. The van der Waals surface area contributed by atoms with E-state index in [4.69, 9.17) is 9.47 Å². The lowest BCUT2D eigenvalue weighted by molar-refractivity contribution is -0.121. The highest BCUT2D eigenvalue weighted by Crippen LogP contribution is 2.26. The molecule has 0 atom stereocenters. The van der Waals surface area contributed by atoms with Gasteiger partial charge in [0.05, 0.1) is 20.1 Å². The minimum Gasteiger partial charge on any atom is -0.497 e. The van der Waals surface area contributed by atoms with E-state index in [1.54, 1.807) is 14.2 Å². The largest absolute Gasteiger partial charge is 0.497 e. The van der Waals surface area contributed by atoms with Gasteiger partial charge in [0, 0.05) is 12.6 Å². The molecule has 1 N–H and O–H groups in total. The Kier molecular flexibility index (Phi) is 6.10. The van der Waals surface area contributed by atoms with Crippen molar-refractivity contribution in [3.05, 3.63) is 95.6 Å². The third kappa shape index (κ3) is 4.67. The van der Waals surface area contributed by atoms with E-state index < -0.39 is 0 Å². The molecule has 0 saturated carbocycles. The number of nitrogens with one attached hydrogen (secondary N) is 1. The Labute approximate surface area is 159 Å². The lowest BCUT2D eigenvalue weighted by Crippen LogP contribution is -2.29. The Bertz CT molecular complexity index is 817. The van der Waals surface area contributed by atoms with E-state index in [1.165, 1.54) is 0 Å². The average Bonchev–Trinajstić information content (AvgIpc) is 2.73. The van der Waals surface area contributed by atoms with E-state index in [9.17, 15) is 4.79 Å². The maximum Gasteiger partial charge on any atom is 0.232 e. The van der Waals surface area contributed by atoms with Gasteiger partial charge in [-0.3, -0.25) is 4.79 Å². The molecule has 0 unspecified atom stereocenters. The van der Waals surface area contributed by atoms with Crippen LogP contribution >= 0.6 is 0 Å². The Morgan fingerprint density at radius 3 is 1.74 bits per heavy atom. The first-order valence-corrected chi connectivity index (χ1v) is 8.81. The highest BCUT2D eigenvalue weighted by atomic mass is 16.5. The lowest BCUT2D eigenvalue weighted by Gasteiger charge is -2.18. The zero-order valence-corrected chi connectivity index (χ0v) is 15.5. The number of hydrogen-bond donors (Lipinski definition) is 1. The number of hydrogen-bond acceptors (Lipinski definition) is 3. The van der Waals surface area contributed by atoms with Gasteiger partial charge in [-0.15, -0.1) is 0 Å². The minimum atomic E-state index is -0.361. The van der Waals surface area contributed by atoms with Crippen LogP contribution in [0, 0.1) is 0 Å². The molecule has 0 aliphatic rings. The van der Waals surface area contributed by atoms with Crippen LogP contribution in [0.1, 0.15) is 22.6 Å². The average molecular weight is 361 g/mol. The summed E-state index contributed by atoms with van der Waals surface area (Å²) in [7, 11) is 3.22. The minimum absolute atomic E-state index is 0.0470. The summed E-state index contributed by atoms with van der Waals surface area (Å²) in [6.45, 7) is 0.391. The monoisotopic (exact) mass is 361 g/mol. The van der Waals surface area contributed by atoms with Gasteiger partial charge in [-0.1, -0.05) is 60.7 Å². The Balaban J connectivity index is 1.82. The topological polar surface area (TPSA) is 47.6 Å². The zero-order valence-electron chi connectivity index (χ0n) is 15.5. The van der Waals surface area contributed by atoms with E-state index >= 15 is 0 Å². The molecule has 0 saturated heterocycles. The summed E-state index contributed by atoms with van der Waals surface area (Å²) in [4.78, 5) is 13.1. The fraction of sp³-hybridized carbons (Fsp3) is 0.174. The third-order valence-corrected chi connectivity index (χ3v) is 4.41. The van der Waals surface area contributed by atoms with Gasteiger partial charge >= 0.3 is 0 Å². The summed E-state index contributed by atoms with van der Waals surface area (Å²) >= 11 is 0. The van der Waals surface area contributed by atoms with E-state index in [2.05, 4.69) is 5.32 Å². The summed E-state index contributed by atoms with van der Waals surface area (Å²) in [6.07, 6.45) is 0. The van der Waals surface area contributed by atoms with Crippen molar-refractivity contribution in [3.8, 4) is 11.5 Å². The smallest absolute Gasteiger partial charge is 0.232 e. The van der Waals surface area contributed by atoms with Crippen LogP contribution in [0.5, 0.6) is 11.5 Å². The van der Waals surface area contributed by atoms with E-state index in [0.717, 1.165) is 16.7 Å². The molecule has 0 radical (unpaired) electrons. The van der Waals surface area contributed by atoms with Crippen molar-refractivity contribution in [2.24, 2.45) is 0 Å². The second-order valence-electron chi connectivity index (χ2n) is 6.19. The SMILES string of the molecule is COc1cc(CNC(=O)C(c2ccccc2)c2ccccc2)cc(OC)c1. The summed E-state index contributed by atoms with van der Waals surface area (Å²) in [5.41, 5.74) is 2.84. The van der Waals surface area contributed by atoms with Gasteiger partial charge in [0.1, 0.15) is 11.5 Å². The van der Waals surface area contributed by atoms with Crippen molar-refractivity contribution in [3.63, 3.8) is 0 Å². The molecule has 0 bridgehead atoms. The molecule has 0 spiro atoms. The van der Waals surface area contributed by atoms with Crippen LogP contribution in [0.25, 0.3) is 0 Å². The first kappa shape index (κ1) is 18.5. The molecule has 4 nitrogen and oxygen atoms in total. The normalized spacial score (nSPS) is 10.5. The van der Waals surface area contributed by atoms with E-state index in [0.29, 0.717) is 18.0 Å². The van der Waals surface area contributed by atoms with Crippen molar-refractivity contribution in [2.45, 2.75) is 12.5 Å². The molecule has 0 aromatic heterocycles. The predicted octanol–water partition coefficient (Wildman–Crippen LogP) is 4.15. The molecule has 3 aromatic rings. The zero-order chi connectivity index (χ0) is 19.1. The van der Waals surface area contributed by atoms with Gasteiger partial charge in [0.15, 0.2) is 0 Å². The van der Waals surface area contributed by atoms with Crippen molar-refractivity contribution in [1.29, 1.82) is 0 Å². The van der Waals surface area contributed by atoms with Crippen molar-refractivity contribution in [1.82, 2.24) is 5.32 Å². The van der Waals surface area contributed by atoms with E-state index in [1.807, 2.05) is 78.9 Å². The maximum atomic E-state index is 13.1. The molecule has 0 aliphatic carbocycles. The van der Waals surface area contributed by atoms with Crippen LogP contribution in [-0.2, 0) is 11.3 Å². The second kappa shape index (κ2) is 8.90. The number of carbonyl (C=O) groups is 1. The third-order valence-electron chi connectivity index (χ3n) is 4.41. The highest BCUT2D eigenvalue weighted by molar-refractivity contribution is 5.87. The van der Waals surface area contributed by atoms with Crippen LogP contribution in [0.15, 0.2) is 78.9 Å². The van der Waals surface area contributed by atoms with Crippen molar-refractivity contribution in [2.75, 3.05) is 14.2 Å². The fourth-order valence-corrected chi connectivity index (χ4v) is 3.05. The number of ether oxygens (including phenoxy) is 2. The Morgan fingerprint density at radius 2 is 1.30 bits per heavy atom. The fourth-order valence-electron chi connectivity index (χ4n) is 3.05. The molecular weight excluding hydrogens is 338 g/mol. The van der Waals surface area contributed by atoms with Gasteiger partial charge in [-0.25, -0.2) is 0 Å².